The Morgan fingerprint density at radius 3 is 0.786 bits per heavy atom. The third-order valence-corrected chi connectivity index (χ3v) is 18.0. The van der Waals surface area contributed by atoms with E-state index in [9.17, 15) is 71.8 Å². The molecule has 4 heterocycles. The molecule has 8 amide bonds. The van der Waals surface area contributed by atoms with E-state index in [4.69, 9.17) is 56.4 Å². The van der Waals surface area contributed by atoms with Crippen LogP contribution in [0.1, 0.15) is 239 Å². The van der Waals surface area contributed by atoms with E-state index in [1.54, 1.807) is 0 Å². The maximum atomic E-state index is 13.5. The molecule has 0 aromatic heterocycles. The van der Waals surface area contributed by atoms with Crippen LogP contribution in [0.25, 0.3) is 0 Å². The molecule has 554 valence electrons. The minimum absolute atomic E-state index is 0. The molecule has 0 aromatic carbocycles. The fourth-order valence-corrected chi connectivity index (χ4v) is 11.9. The summed E-state index contributed by atoms with van der Waals surface area (Å²) in [6.45, 7) is 2.80. The quantitative estimate of drug-likeness (QED) is 0.0322. The summed E-state index contributed by atoms with van der Waals surface area (Å²) in [6, 6.07) is 0. The van der Waals surface area contributed by atoms with Crippen molar-refractivity contribution in [2.75, 3.05) is 79.4 Å². The monoisotopic (exact) mass is 1450 g/mol. The number of ether oxygens (including phenoxy) is 4. The van der Waals surface area contributed by atoms with Crippen LogP contribution in [-0.4, -0.2) is 194 Å². The predicted octanol–water partition coefficient (Wildman–Crippen LogP) is 5.85. The molecule has 0 aromatic rings. The van der Waals surface area contributed by atoms with E-state index in [2.05, 4.69) is 0 Å². The van der Waals surface area contributed by atoms with E-state index in [0.717, 1.165) is 116 Å². The van der Waals surface area contributed by atoms with E-state index in [1.807, 2.05) is 0 Å². The van der Waals surface area contributed by atoms with Crippen LogP contribution in [0.4, 0.5) is 0 Å². The molecule has 0 bridgehead atoms. The second-order valence-corrected chi connectivity index (χ2v) is 28.3. The molecule has 4 aliphatic heterocycles. The van der Waals surface area contributed by atoms with E-state index >= 15 is 0 Å². The second-order valence-electron chi connectivity index (χ2n) is 24.2. The van der Waals surface area contributed by atoms with E-state index < -0.39 is 118 Å². The van der Waals surface area contributed by atoms with Crippen LogP contribution >= 0.6 is 15.2 Å². The topological polar surface area (TPSA) is 383 Å². The summed E-state index contributed by atoms with van der Waals surface area (Å²) in [6.07, 6.45) is 15.9. The van der Waals surface area contributed by atoms with Crippen LogP contribution in [0.2, 0.25) is 0 Å². The Labute approximate surface area is 597 Å². The van der Waals surface area contributed by atoms with Crippen LogP contribution in [0.3, 0.4) is 0 Å². The van der Waals surface area contributed by atoms with Gasteiger partial charge in [-0.05, 0) is 51.4 Å². The standard InChI is InChI=1S/C63H102N4O27P2.CH4.Na/c1-95(81,89-47-50(85-41-25-17-9-5-13-21-29-62(79)93-66-56(73)35-36-57(66)74)45-83-39-23-15-7-3-11-19-27-60(77)91-64-52(69)31-32-53(64)70)87-43-49(68)44-88-96(2,82)90-48-51(86-42-26-18-10-6-14-22-30-63(80)94-67-58(75)37-38-59(67)76)46-84-40-24-16-8-4-12-20-28-61(78)92-65-54(71)33-34-55(65)72;;/h49-51,68H,3-48H2,1-2H3;1H4;/q;;+1/t49?,50-,51-,95?,96?;;/m1../s1. The summed E-state index contributed by atoms with van der Waals surface area (Å²) >= 11 is 0. The maximum absolute atomic E-state index is 13.5. The third-order valence-electron chi connectivity index (χ3n) is 15.5. The first kappa shape index (κ1) is 89.6. The largest absolute Gasteiger partial charge is 1.00 e. The van der Waals surface area contributed by atoms with Gasteiger partial charge >= 0.3 is 68.6 Å². The molecule has 2 unspecified atom stereocenters. The normalized spacial score (nSPS) is 17.1. The molecule has 98 heavy (non-hydrogen) atoms. The number of hydrogen-bond acceptors (Lipinski definition) is 27. The molecular weight excluding hydrogens is 1340 g/mol. The molecular formula is C64H106N4NaO27P2+. The summed E-state index contributed by atoms with van der Waals surface area (Å²) in [7, 11) is -7.62. The number of nitrogens with zero attached hydrogens (tertiary/aromatic N) is 4. The first-order chi connectivity index (χ1) is 46.0. The minimum Gasteiger partial charge on any atom is -0.388 e. The molecule has 0 aliphatic carbocycles. The Morgan fingerprint density at radius 1 is 0.337 bits per heavy atom. The molecule has 4 atom stereocenters. The van der Waals surface area contributed by atoms with E-state index in [1.165, 1.54) is 13.3 Å². The number of hydrogen-bond donors (Lipinski definition) is 1. The molecule has 4 saturated heterocycles. The fraction of sp³-hybridized carbons (Fsp3) is 0.812. The van der Waals surface area contributed by atoms with Crippen molar-refractivity contribution in [3.63, 3.8) is 0 Å². The average Bonchev–Trinajstić information content (AvgIpc) is 1.76. The van der Waals surface area contributed by atoms with Gasteiger partial charge in [0.25, 0.3) is 47.3 Å². The Bertz CT molecular complexity index is 2370. The zero-order valence-corrected chi connectivity index (χ0v) is 60.8. The molecule has 1 N–H and O–H groups in total. The van der Waals surface area contributed by atoms with Crippen molar-refractivity contribution < 1.29 is 158 Å². The predicted molar refractivity (Wildman–Crippen MR) is 343 cm³/mol. The SMILES string of the molecule is C.CP(=O)(OCC(O)COP(C)(=O)OC[C@@H](COCCCCCCCCC(=O)ON1C(=O)CCC1=O)OCCCCCCCCC(=O)ON1C(=O)CCC1=O)OC[C@@H](COCCCCCCCCC(=O)ON1C(=O)CCC1=O)OCCCCCCCCC(=O)ON1C(=O)CCC1=O.[Na+]. The number of carbonyl (C=O) groups is 12. The third kappa shape index (κ3) is 39.7. The molecule has 4 rings (SSSR count). The zero-order chi connectivity index (χ0) is 70.0. The smallest absolute Gasteiger partial charge is 0.388 e. The van der Waals surface area contributed by atoms with Crippen molar-refractivity contribution in [3.8, 4) is 0 Å². The Kier molecular flexibility index (Phi) is 47.2. The number of carbonyl (C=O) groups excluding carboxylic acids is 12. The van der Waals surface area contributed by atoms with Gasteiger partial charge in [0.15, 0.2) is 0 Å². The van der Waals surface area contributed by atoms with Gasteiger partial charge in [-0.1, -0.05) is 110 Å². The number of imide groups is 4. The minimum atomic E-state index is -3.81. The van der Waals surface area contributed by atoms with Crippen molar-refractivity contribution in [3.05, 3.63) is 0 Å². The number of aliphatic hydroxyl groups is 1. The second kappa shape index (κ2) is 51.6. The van der Waals surface area contributed by atoms with Crippen LogP contribution in [0.15, 0.2) is 0 Å². The molecule has 0 spiro atoms. The summed E-state index contributed by atoms with van der Waals surface area (Å²) in [5.74, 6) is -6.71. The number of amides is 8. The first-order valence-electron chi connectivity index (χ1n) is 34.1. The summed E-state index contributed by atoms with van der Waals surface area (Å²) in [4.78, 5) is 162. The molecule has 4 fully saturated rings. The molecule has 34 heteroatoms. The van der Waals surface area contributed by atoms with Gasteiger partial charge < -0.3 is 61.5 Å². The molecule has 31 nitrogen and oxygen atoms in total. The average molecular weight is 1450 g/mol. The van der Waals surface area contributed by atoms with Crippen molar-refractivity contribution >= 4 is 86.3 Å². The fourth-order valence-electron chi connectivity index (χ4n) is 9.96. The number of aliphatic hydroxyl groups excluding tert-OH is 1. The van der Waals surface area contributed by atoms with Crippen LogP contribution < -0.4 is 29.6 Å². The van der Waals surface area contributed by atoms with Gasteiger partial charge in [-0.25, -0.2) is 19.2 Å². The van der Waals surface area contributed by atoms with Gasteiger partial charge in [0.05, 0.1) is 39.6 Å². The van der Waals surface area contributed by atoms with Gasteiger partial charge in [-0.3, -0.25) is 47.5 Å². The van der Waals surface area contributed by atoms with E-state index in [-0.39, 0.29) is 140 Å². The van der Waals surface area contributed by atoms with Crippen molar-refractivity contribution in [1.82, 2.24) is 20.3 Å². The Balaban J connectivity index is 0.0000163. The maximum Gasteiger partial charge on any atom is 1.00 e. The molecule has 4 aliphatic rings. The van der Waals surface area contributed by atoms with Crippen LogP contribution in [-0.2, 0) is 123 Å². The molecule has 0 saturated carbocycles. The van der Waals surface area contributed by atoms with Gasteiger partial charge in [0.1, 0.15) is 18.3 Å². The van der Waals surface area contributed by atoms with Gasteiger partial charge in [-0.2, -0.15) is 0 Å². The zero-order valence-electron chi connectivity index (χ0n) is 57.0. The van der Waals surface area contributed by atoms with Gasteiger partial charge in [-0.15, -0.1) is 20.3 Å². The number of unbranched alkanes of at least 4 members (excludes halogenated alkanes) is 20. The van der Waals surface area contributed by atoms with Gasteiger partial charge in [0, 0.05) is 117 Å². The van der Waals surface area contributed by atoms with Crippen molar-refractivity contribution in [2.24, 2.45) is 0 Å². The van der Waals surface area contributed by atoms with Crippen molar-refractivity contribution in [1.29, 1.82) is 0 Å². The van der Waals surface area contributed by atoms with Crippen molar-refractivity contribution in [2.45, 2.75) is 257 Å². The van der Waals surface area contributed by atoms with E-state index in [0.29, 0.717) is 85.2 Å². The van der Waals surface area contributed by atoms with Crippen LogP contribution in [0, 0.1) is 0 Å². The Morgan fingerprint density at radius 2 is 0.541 bits per heavy atom. The van der Waals surface area contributed by atoms with Crippen LogP contribution in [0.5, 0.6) is 0 Å². The first-order valence-corrected chi connectivity index (χ1v) is 38.1. The number of hydroxylamine groups is 8. The molecule has 0 radical (unpaired) electrons. The van der Waals surface area contributed by atoms with Gasteiger partial charge in [0.2, 0.25) is 0 Å². The Hall–Kier alpha value is -4.46. The summed E-state index contributed by atoms with van der Waals surface area (Å²) < 4.78 is 73.5. The summed E-state index contributed by atoms with van der Waals surface area (Å²) in [5, 5.41) is 13.0. The summed E-state index contributed by atoms with van der Waals surface area (Å²) in [5.41, 5.74) is 0. The number of rotatable bonds is 58.